The second kappa shape index (κ2) is 9.34. The van der Waals surface area contributed by atoms with Crippen LogP contribution in [0.15, 0.2) is 71.5 Å². The summed E-state index contributed by atoms with van der Waals surface area (Å²) in [5.41, 5.74) is 1.67. The molecule has 0 aliphatic rings. The summed E-state index contributed by atoms with van der Waals surface area (Å²) in [4.78, 5) is 39.8. The van der Waals surface area contributed by atoms with Crippen LogP contribution in [0, 0.1) is 0 Å². The highest BCUT2D eigenvalue weighted by Gasteiger charge is 2.18. The summed E-state index contributed by atoms with van der Waals surface area (Å²) in [7, 11) is 3.05. The van der Waals surface area contributed by atoms with Crippen molar-refractivity contribution in [1.29, 1.82) is 0 Å². The number of hydrogen-bond acceptors (Lipinski definition) is 4. The van der Waals surface area contributed by atoms with Gasteiger partial charge in [0.2, 0.25) is 11.8 Å². The molecule has 0 saturated carbocycles. The maximum atomic E-state index is 13.1. The molecule has 8 heteroatoms. The average molecular weight is 464 g/mol. The number of amides is 2. The van der Waals surface area contributed by atoms with Crippen LogP contribution >= 0.6 is 11.6 Å². The number of carbonyl (C=O) groups excluding carboxylic acids is 2. The predicted octanol–water partition coefficient (Wildman–Crippen LogP) is 3.91. The van der Waals surface area contributed by atoms with Gasteiger partial charge in [-0.3, -0.25) is 14.4 Å². The second-order valence-electron chi connectivity index (χ2n) is 7.59. The Morgan fingerprint density at radius 3 is 2.21 bits per heavy atom. The molecule has 0 atom stereocenters. The molecule has 3 aromatic carbocycles. The van der Waals surface area contributed by atoms with Crippen molar-refractivity contribution >= 4 is 50.9 Å². The molecular formula is C25H22ClN3O4. The number of nitrogens with zero attached hydrogens (tertiary/aromatic N) is 2. The molecule has 1 heterocycles. The number of hydrogen-bond donors (Lipinski definition) is 1. The third-order valence-electron chi connectivity index (χ3n) is 5.41. The van der Waals surface area contributed by atoms with Crippen molar-refractivity contribution in [3.63, 3.8) is 0 Å². The molecule has 0 aliphatic carbocycles. The predicted molar refractivity (Wildman–Crippen MR) is 130 cm³/mol. The van der Waals surface area contributed by atoms with Crippen LogP contribution in [-0.2, 0) is 16.1 Å². The van der Waals surface area contributed by atoms with Gasteiger partial charge in [0.15, 0.2) is 5.43 Å². The Labute approximate surface area is 195 Å². The van der Waals surface area contributed by atoms with E-state index in [2.05, 4.69) is 5.32 Å². The van der Waals surface area contributed by atoms with Crippen LogP contribution in [0.2, 0.25) is 5.02 Å². The first-order valence-corrected chi connectivity index (χ1v) is 10.6. The van der Waals surface area contributed by atoms with Crippen molar-refractivity contribution in [2.24, 2.45) is 0 Å². The molecular weight excluding hydrogens is 442 g/mol. The van der Waals surface area contributed by atoms with Crippen molar-refractivity contribution < 1.29 is 14.3 Å². The van der Waals surface area contributed by atoms with Crippen molar-refractivity contribution in [1.82, 2.24) is 9.47 Å². The molecule has 4 aromatic rings. The lowest BCUT2D eigenvalue weighted by Gasteiger charge is -2.20. The lowest BCUT2D eigenvalue weighted by atomic mass is 10.1. The van der Waals surface area contributed by atoms with Gasteiger partial charge in [0.1, 0.15) is 12.3 Å². The van der Waals surface area contributed by atoms with E-state index < -0.39 is 0 Å². The zero-order valence-corrected chi connectivity index (χ0v) is 18.9. The zero-order chi connectivity index (χ0) is 23.5. The van der Waals surface area contributed by atoms with E-state index >= 15 is 0 Å². The van der Waals surface area contributed by atoms with Gasteiger partial charge in [-0.15, -0.1) is 0 Å². The Hall–Kier alpha value is -3.84. The van der Waals surface area contributed by atoms with E-state index in [1.807, 2.05) is 28.8 Å². The molecule has 168 valence electrons. The summed E-state index contributed by atoms with van der Waals surface area (Å²) < 4.78 is 7.05. The summed E-state index contributed by atoms with van der Waals surface area (Å²) in [5, 5.41) is 4.26. The Morgan fingerprint density at radius 1 is 1.00 bits per heavy atom. The van der Waals surface area contributed by atoms with E-state index in [0.717, 1.165) is 0 Å². The van der Waals surface area contributed by atoms with Crippen LogP contribution in [0.4, 0.5) is 5.69 Å². The van der Waals surface area contributed by atoms with E-state index in [-0.39, 0.29) is 30.3 Å². The molecule has 0 fully saturated rings. The number of carbonyl (C=O) groups is 2. The van der Waals surface area contributed by atoms with Crippen LogP contribution < -0.4 is 15.5 Å². The number of likely N-dealkylation sites (N-methyl/N-ethyl adjacent to an activating group) is 1. The lowest BCUT2D eigenvalue weighted by molar-refractivity contribution is -0.133. The average Bonchev–Trinajstić information content (AvgIpc) is 2.81. The van der Waals surface area contributed by atoms with Crippen molar-refractivity contribution in [2.45, 2.75) is 6.54 Å². The van der Waals surface area contributed by atoms with Crippen LogP contribution in [0.25, 0.3) is 21.8 Å². The Morgan fingerprint density at radius 2 is 1.61 bits per heavy atom. The number of aromatic nitrogens is 1. The van der Waals surface area contributed by atoms with Crippen molar-refractivity contribution in [3.05, 3.63) is 82.0 Å². The Bertz CT molecular complexity index is 1370. The number of pyridine rings is 1. The molecule has 2 amide bonds. The molecule has 1 N–H and O–H groups in total. The summed E-state index contributed by atoms with van der Waals surface area (Å²) in [5.74, 6) is -0.198. The smallest absolute Gasteiger partial charge is 0.244 e. The molecule has 7 nitrogen and oxygen atoms in total. The molecule has 0 saturated heterocycles. The number of para-hydroxylation sites is 2. The monoisotopic (exact) mass is 463 g/mol. The minimum absolute atomic E-state index is 0.0222. The van der Waals surface area contributed by atoms with E-state index in [4.69, 9.17) is 16.3 Å². The van der Waals surface area contributed by atoms with Crippen molar-refractivity contribution in [2.75, 3.05) is 26.0 Å². The van der Waals surface area contributed by atoms with E-state index in [0.29, 0.717) is 38.3 Å². The lowest BCUT2D eigenvalue weighted by Crippen LogP contribution is -2.37. The normalized spacial score (nSPS) is 10.9. The minimum atomic E-state index is -0.388. The highest BCUT2D eigenvalue weighted by atomic mass is 35.5. The summed E-state index contributed by atoms with van der Waals surface area (Å²) in [6.07, 6.45) is 0. The van der Waals surface area contributed by atoms with Crippen LogP contribution in [0.5, 0.6) is 5.75 Å². The molecule has 0 unspecified atom stereocenters. The largest absolute Gasteiger partial charge is 0.495 e. The van der Waals surface area contributed by atoms with Gasteiger partial charge in [0.25, 0.3) is 0 Å². The first-order chi connectivity index (χ1) is 15.9. The third-order valence-corrected chi connectivity index (χ3v) is 5.65. The number of ether oxygens (including phenoxy) is 1. The molecule has 0 aliphatic heterocycles. The fraction of sp³-hybridized carbons (Fsp3) is 0.160. The van der Waals surface area contributed by atoms with E-state index in [9.17, 15) is 14.4 Å². The van der Waals surface area contributed by atoms with Crippen LogP contribution in [-0.4, -0.2) is 42.0 Å². The minimum Gasteiger partial charge on any atom is -0.495 e. The highest BCUT2D eigenvalue weighted by Crippen LogP contribution is 2.27. The van der Waals surface area contributed by atoms with Gasteiger partial charge in [0, 0.05) is 22.8 Å². The zero-order valence-electron chi connectivity index (χ0n) is 18.2. The van der Waals surface area contributed by atoms with Gasteiger partial charge in [-0.05, 0) is 42.5 Å². The van der Waals surface area contributed by atoms with Gasteiger partial charge in [-0.2, -0.15) is 0 Å². The Kier molecular flexibility index (Phi) is 6.33. The number of rotatable bonds is 6. The highest BCUT2D eigenvalue weighted by molar-refractivity contribution is 6.31. The summed E-state index contributed by atoms with van der Waals surface area (Å²) >= 11 is 6.01. The number of halogens is 1. The van der Waals surface area contributed by atoms with Crippen LogP contribution in [0.3, 0.4) is 0 Å². The van der Waals surface area contributed by atoms with Gasteiger partial charge >= 0.3 is 0 Å². The van der Waals surface area contributed by atoms with Crippen LogP contribution in [0.1, 0.15) is 0 Å². The third kappa shape index (κ3) is 4.54. The molecule has 0 radical (unpaired) electrons. The summed E-state index contributed by atoms with van der Waals surface area (Å²) in [6, 6.07) is 19.3. The quantitative estimate of drug-likeness (QED) is 0.439. The van der Waals surface area contributed by atoms with Gasteiger partial charge in [0.05, 0.1) is 30.4 Å². The number of anilines is 1. The topological polar surface area (TPSA) is 80.6 Å². The van der Waals surface area contributed by atoms with E-state index in [1.54, 1.807) is 49.5 Å². The number of fused-ring (bicyclic) bond motifs is 2. The molecule has 4 rings (SSSR count). The fourth-order valence-electron chi connectivity index (χ4n) is 3.77. The molecule has 33 heavy (non-hydrogen) atoms. The van der Waals surface area contributed by atoms with Gasteiger partial charge in [-0.1, -0.05) is 35.9 Å². The molecule has 0 bridgehead atoms. The SMILES string of the molecule is COc1ccc(Cl)cc1NC(=O)CN(C)C(=O)Cn1c2ccccc2c(=O)c2ccccc21. The fourth-order valence-corrected chi connectivity index (χ4v) is 3.95. The van der Waals surface area contributed by atoms with Crippen molar-refractivity contribution in [3.8, 4) is 5.75 Å². The maximum Gasteiger partial charge on any atom is 0.244 e. The van der Waals surface area contributed by atoms with Gasteiger partial charge in [-0.25, -0.2) is 0 Å². The maximum absolute atomic E-state index is 13.1. The standard InChI is InChI=1S/C25H22ClN3O4/c1-28(14-23(30)27-19-13-16(26)11-12-22(19)33-2)24(31)15-29-20-9-5-3-7-17(20)25(32)18-8-4-6-10-21(18)29/h3-13H,14-15H2,1-2H3,(H,27,30). The number of nitrogens with one attached hydrogen (secondary N) is 1. The Balaban J connectivity index is 1.57. The summed E-state index contributed by atoms with van der Waals surface area (Å²) in [6.45, 7) is -0.184. The molecule has 1 aromatic heterocycles. The van der Waals surface area contributed by atoms with E-state index in [1.165, 1.54) is 12.0 Å². The molecule has 0 spiro atoms. The number of benzene rings is 3. The number of methoxy groups -OCH3 is 1. The second-order valence-corrected chi connectivity index (χ2v) is 8.03. The first kappa shape index (κ1) is 22.4. The van der Waals surface area contributed by atoms with Gasteiger partial charge < -0.3 is 19.5 Å². The first-order valence-electron chi connectivity index (χ1n) is 10.3.